The Bertz CT molecular complexity index is 349. The van der Waals surface area contributed by atoms with E-state index < -0.39 is 0 Å². The van der Waals surface area contributed by atoms with Gasteiger partial charge in [-0.1, -0.05) is 6.92 Å². The lowest BCUT2D eigenvalue weighted by molar-refractivity contribution is 0.0939. The largest absolute Gasteiger partial charge is 0.349 e. The molecule has 5 nitrogen and oxygen atoms in total. The van der Waals surface area contributed by atoms with Gasteiger partial charge in [0.25, 0.3) is 5.91 Å². The second-order valence-corrected chi connectivity index (χ2v) is 4.77. The lowest BCUT2D eigenvalue weighted by Crippen LogP contribution is -2.40. The Morgan fingerprint density at radius 2 is 2.59 bits per heavy atom. The maximum atomic E-state index is 11.6. The fraction of sp³-hybridized carbons (Fsp3) is 0.667. The van der Waals surface area contributed by atoms with E-state index in [1.807, 2.05) is 0 Å². The topological polar surface area (TPSA) is 61.0 Å². The summed E-state index contributed by atoms with van der Waals surface area (Å²) in [5, 5.41) is 9.31. The van der Waals surface area contributed by atoms with E-state index in [0.29, 0.717) is 12.2 Å². The van der Waals surface area contributed by atoms with Gasteiger partial charge in [-0.15, -0.1) is 0 Å². The minimum Gasteiger partial charge on any atom is -0.349 e. The number of H-pyrrole nitrogens is 1. The van der Waals surface area contributed by atoms with Crippen molar-refractivity contribution in [2.75, 3.05) is 26.2 Å². The van der Waals surface area contributed by atoms with Gasteiger partial charge in [-0.05, 0) is 31.4 Å². The molecule has 0 aliphatic carbocycles. The van der Waals surface area contributed by atoms with Crippen molar-refractivity contribution in [1.29, 1.82) is 0 Å². The zero-order valence-electron chi connectivity index (χ0n) is 10.3. The van der Waals surface area contributed by atoms with Gasteiger partial charge in [0, 0.05) is 25.8 Å². The van der Waals surface area contributed by atoms with Gasteiger partial charge in [-0.25, -0.2) is 0 Å². The molecule has 2 N–H and O–H groups in total. The highest BCUT2D eigenvalue weighted by molar-refractivity contribution is 5.92. The molecule has 1 aromatic rings. The van der Waals surface area contributed by atoms with Gasteiger partial charge >= 0.3 is 0 Å². The number of hydrogen-bond donors (Lipinski definition) is 2. The zero-order valence-corrected chi connectivity index (χ0v) is 10.3. The molecule has 94 valence electrons. The van der Waals surface area contributed by atoms with E-state index >= 15 is 0 Å². The fourth-order valence-corrected chi connectivity index (χ4v) is 2.29. The summed E-state index contributed by atoms with van der Waals surface area (Å²) in [5.74, 6) is 0.708. The monoisotopic (exact) mass is 236 g/mol. The smallest absolute Gasteiger partial charge is 0.269 e. The Hall–Kier alpha value is -1.36. The molecule has 1 saturated heterocycles. The fourth-order valence-electron chi connectivity index (χ4n) is 2.29. The molecule has 1 aliphatic rings. The molecule has 0 spiro atoms. The van der Waals surface area contributed by atoms with Crippen molar-refractivity contribution in [2.45, 2.75) is 19.8 Å². The van der Waals surface area contributed by atoms with Crippen LogP contribution in [0.25, 0.3) is 0 Å². The van der Waals surface area contributed by atoms with Crippen molar-refractivity contribution >= 4 is 5.91 Å². The van der Waals surface area contributed by atoms with Crippen LogP contribution in [0.3, 0.4) is 0 Å². The zero-order chi connectivity index (χ0) is 12.1. The predicted molar refractivity (Wildman–Crippen MR) is 65.8 cm³/mol. The van der Waals surface area contributed by atoms with Gasteiger partial charge in [-0.2, -0.15) is 5.10 Å². The number of aromatic amines is 1. The molecule has 0 bridgehead atoms. The molecular formula is C12H20N4O. The Labute approximate surface area is 102 Å². The first-order valence-corrected chi connectivity index (χ1v) is 6.25. The molecule has 5 heteroatoms. The van der Waals surface area contributed by atoms with Crippen LogP contribution in [-0.2, 0) is 0 Å². The van der Waals surface area contributed by atoms with Crippen LogP contribution in [0.1, 0.15) is 30.3 Å². The van der Waals surface area contributed by atoms with Crippen LogP contribution in [0.2, 0.25) is 0 Å². The van der Waals surface area contributed by atoms with Crippen LogP contribution < -0.4 is 5.32 Å². The van der Waals surface area contributed by atoms with Crippen LogP contribution in [0.4, 0.5) is 0 Å². The number of carbonyl (C=O) groups is 1. The van der Waals surface area contributed by atoms with E-state index in [9.17, 15) is 4.79 Å². The highest BCUT2D eigenvalue weighted by atomic mass is 16.1. The molecule has 0 saturated carbocycles. The van der Waals surface area contributed by atoms with Crippen molar-refractivity contribution in [1.82, 2.24) is 20.4 Å². The highest BCUT2D eigenvalue weighted by Gasteiger charge is 2.15. The number of nitrogens with zero attached hydrogens (tertiary/aromatic N) is 2. The SMILES string of the molecule is C[C@H]1CCCN(CCNC(=O)c2ccn[nH]2)C1. The van der Waals surface area contributed by atoms with Gasteiger partial charge in [-0.3, -0.25) is 9.89 Å². The summed E-state index contributed by atoms with van der Waals surface area (Å²) < 4.78 is 0. The molecule has 0 unspecified atom stereocenters. The second-order valence-electron chi connectivity index (χ2n) is 4.77. The predicted octanol–water partition coefficient (Wildman–Crippen LogP) is 0.871. The minimum atomic E-state index is -0.0763. The van der Waals surface area contributed by atoms with Crippen molar-refractivity contribution in [3.63, 3.8) is 0 Å². The van der Waals surface area contributed by atoms with E-state index in [2.05, 4.69) is 27.3 Å². The van der Waals surface area contributed by atoms with Gasteiger partial charge < -0.3 is 10.2 Å². The summed E-state index contributed by atoms with van der Waals surface area (Å²) in [6.07, 6.45) is 4.19. The number of carbonyl (C=O) groups excluding carboxylic acids is 1. The van der Waals surface area contributed by atoms with Crippen molar-refractivity contribution in [3.05, 3.63) is 18.0 Å². The number of hydrogen-bond acceptors (Lipinski definition) is 3. The number of aromatic nitrogens is 2. The molecule has 17 heavy (non-hydrogen) atoms. The van der Waals surface area contributed by atoms with Gasteiger partial charge in [0.05, 0.1) is 0 Å². The quantitative estimate of drug-likeness (QED) is 0.815. The molecule has 0 radical (unpaired) electrons. The van der Waals surface area contributed by atoms with E-state index in [-0.39, 0.29) is 5.91 Å². The summed E-state index contributed by atoms with van der Waals surface area (Å²) in [5.41, 5.74) is 0.525. The van der Waals surface area contributed by atoms with E-state index in [1.54, 1.807) is 12.3 Å². The lowest BCUT2D eigenvalue weighted by Gasteiger charge is -2.30. The normalized spacial score (nSPS) is 21.4. The summed E-state index contributed by atoms with van der Waals surface area (Å²) in [6, 6.07) is 1.68. The van der Waals surface area contributed by atoms with Crippen LogP contribution >= 0.6 is 0 Å². The summed E-state index contributed by atoms with van der Waals surface area (Å²) >= 11 is 0. The molecule has 2 heterocycles. The van der Waals surface area contributed by atoms with Crippen LogP contribution in [0.15, 0.2) is 12.3 Å². The van der Waals surface area contributed by atoms with Crippen molar-refractivity contribution in [3.8, 4) is 0 Å². The van der Waals surface area contributed by atoms with Gasteiger partial charge in [0.2, 0.25) is 0 Å². The van der Waals surface area contributed by atoms with Gasteiger partial charge in [0.1, 0.15) is 5.69 Å². The van der Waals surface area contributed by atoms with Crippen molar-refractivity contribution < 1.29 is 4.79 Å². The van der Waals surface area contributed by atoms with Gasteiger partial charge in [0.15, 0.2) is 0 Å². The molecule has 1 atom stereocenters. The number of piperidine rings is 1. The second kappa shape index (κ2) is 5.82. The average molecular weight is 236 g/mol. The number of amides is 1. The van der Waals surface area contributed by atoms with E-state index in [0.717, 1.165) is 25.6 Å². The Balaban J connectivity index is 1.67. The van der Waals surface area contributed by atoms with Crippen LogP contribution in [0, 0.1) is 5.92 Å². The Morgan fingerprint density at radius 1 is 1.71 bits per heavy atom. The maximum absolute atomic E-state index is 11.6. The Kier molecular flexibility index (Phi) is 4.14. The van der Waals surface area contributed by atoms with Crippen LogP contribution in [-0.4, -0.2) is 47.2 Å². The first-order valence-electron chi connectivity index (χ1n) is 6.25. The molecule has 2 rings (SSSR count). The standard InChI is InChI=1S/C12H20N4O/c1-10-3-2-7-16(9-10)8-6-13-12(17)11-4-5-14-15-11/h4-5,10H,2-3,6-9H2,1H3,(H,13,17)(H,14,15)/t10-/m0/s1. The molecule has 1 aromatic heterocycles. The number of rotatable bonds is 4. The van der Waals surface area contributed by atoms with E-state index in [4.69, 9.17) is 0 Å². The lowest BCUT2D eigenvalue weighted by atomic mass is 10.0. The summed E-state index contributed by atoms with van der Waals surface area (Å²) in [6.45, 7) is 6.23. The maximum Gasteiger partial charge on any atom is 0.269 e. The summed E-state index contributed by atoms with van der Waals surface area (Å²) in [4.78, 5) is 14.0. The Morgan fingerprint density at radius 3 is 3.29 bits per heavy atom. The molecular weight excluding hydrogens is 216 g/mol. The molecule has 1 fully saturated rings. The molecule has 1 aliphatic heterocycles. The first-order chi connectivity index (χ1) is 8.25. The minimum absolute atomic E-state index is 0.0763. The van der Waals surface area contributed by atoms with E-state index in [1.165, 1.54) is 12.8 Å². The molecule has 0 aromatic carbocycles. The van der Waals surface area contributed by atoms with Crippen molar-refractivity contribution in [2.24, 2.45) is 5.92 Å². The summed E-state index contributed by atoms with van der Waals surface area (Å²) in [7, 11) is 0. The molecule has 1 amide bonds. The number of likely N-dealkylation sites (tertiary alicyclic amines) is 1. The third-order valence-electron chi connectivity index (χ3n) is 3.20. The highest BCUT2D eigenvalue weighted by Crippen LogP contribution is 2.14. The average Bonchev–Trinajstić information content (AvgIpc) is 2.82. The van der Waals surface area contributed by atoms with Crippen LogP contribution in [0.5, 0.6) is 0 Å². The number of nitrogens with one attached hydrogen (secondary N) is 2. The third kappa shape index (κ3) is 3.56. The first kappa shape index (κ1) is 12.1. The third-order valence-corrected chi connectivity index (χ3v) is 3.20.